The van der Waals surface area contributed by atoms with Gasteiger partial charge in [0.15, 0.2) is 5.11 Å². The van der Waals surface area contributed by atoms with E-state index in [-0.39, 0.29) is 12.1 Å². The highest BCUT2D eigenvalue weighted by atomic mass is 32.1. The molecule has 3 heterocycles. The molecule has 2 aromatic rings. The van der Waals surface area contributed by atoms with Crippen LogP contribution < -0.4 is 5.32 Å². The van der Waals surface area contributed by atoms with Gasteiger partial charge in [0.1, 0.15) is 0 Å². The quantitative estimate of drug-likeness (QED) is 0.769. The maximum atomic E-state index is 5.74. The summed E-state index contributed by atoms with van der Waals surface area (Å²) >= 11 is 5.74. The molecule has 1 aliphatic heterocycles. The first-order chi connectivity index (χ1) is 12.8. The fraction of sp³-hybridized carbons (Fsp3) is 0.524. The van der Waals surface area contributed by atoms with E-state index < -0.39 is 0 Å². The first-order valence-corrected chi connectivity index (χ1v) is 10.0. The third-order valence-electron chi connectivity index (χ3n) is 5.34. The van der Waals surface area contributed by atoms with E-state index in [1.54, 1.807) is 0 Å². The van der Waals surface area contributed by atoms with Crippen molar-refractivity contribution in [1.29, 1.82) is 0 Å². The average molecular weight is 386 g/mol. The van der Waals surface area contributed by atoms with Crippen LogP contribution in [0.3, 0.4) is 0 Å². The summed E-state index contributed by atoms with van der Waals surface area (Å²) in [5.41, 5.74) is 4.98. The van der Waals surface area contributed by atoms with Gasteiger partial charge in [-0.15, -0.1) is 0 Å². The number of likely N-dealkylation sites (N-methyl/N-ethyl adjacent to an activating group) is 1. The van der Waals surface area contributed by atoms with Gasteiger partial charge < -0.3 is 19.7 Å². The van der Waals surface area contributed by atoms with E-state index in [9.17, 15) is 0 Å². The number of rotatable bonds is 6. The SMILES string of the molecule is Cc1cc([C@@H]2[C@H](c3ccccn3)NC(=S)N2CCN(C)C)c(C)n1C(C)C. The van der Waals surface area contributed by atoms with Gasteiger partial charge in [-0.1, -0.05) is 6.07 Å². The second-order valence-electron chi connectivity index (χ2n) is 7.91. The molecule has 1 fully saturated rings. The predicted octanol–water partition coefficient (Wildman–Crippen LogP) is 3.61. The molecule has 0 aliphatic carbocycles. The molecule has 6 heteroatoms. The lowest BCUT2D eigenvalue weighted by Gasteiger charge is -2.29. The molecule has 0 amide bonds. The number of hydrogen-bond donors (Lipinski definition) is 1. The summed E-state index contributed by atoms with van der Waals surface area (Å²) in [6.07, 6.45) is 1.86. The second-order valence-corrected chi connectivity index (χ2v) is 8.30. The lowest BCUT2D eigenvalue weighted by molar-refractivity contribution is 0.276. The summed E-state index contributed by atoms with van der Waals surface area (Å²) < 4.78 is 2.41. The zero-order valence-corrected chi connectivity index (χ0v) is 18.0. The van der Waals surface area contributed by atoms with Crippen molar-refractivity contribution in [3.05, 3.63) is 53.1 Å². The normalized spacial score (nSPS) is 20.0. The molecular formula is C21H31N5S. The predicted molar refractivity (Wildman–Crippen MR) is 115 cm³/mol. The molecule has 0 saturated carbocycles. The van der Waals surface area contributed by atoms with Crippen LogP contribution in [0.4, 0.5) is 0 Å². The highest BCUT2D eigenvalue weighted by molar-refractivity contribution is 7.80. The Kier molecular flexibility index (Phi) is 5.86. The van der Waals surface area contributed by atoms with Crippen LogP contribution in [-0.2, 0) is 0 Å². The number of hydrogen-bond acceptors (Lipinski definition) is 3. The first-order valence-electron chi connectivity index (χ1n) is 9.62. The summed E-state index contributed by atoms with van der Waals surface area (Å²) in [7, 11) is 4.20. The highest BCUT2D eigenvalue weighted by Crippen LogP contribution is 2.41. The third kappa shape index (κ3) is 3.87. The Balaban J connectivity index is 2.06. The minimum absolute atomic E-state index is 0.0574. The van der Waals surface area contributed by atoms with E-state index in [1.807, 2.05) is 18.3 Å². The lowest BCUT2D eigenvalue weighted by atomic mass is 9.96. The lowest BCUT2D eigenvalue weighted by Crippen LogP contribution is -2.35. The molecule has 1 saturated heterocycles. The van der Waals surface area contributed by atoms with Gasteiger partial charge in [-0.3, -0.25) is 4.98 Å². The fourth-order valence-electron chi connectivity index (χ4n) is 4.19. The molecule has 2 aromatic heterocycles. The maximum Gasteiger partial charge on any atom is 0.170 e. The van der Waals surface area contributed by atoms with Crippen LogP contribution in [0.25, 0.3) is 0 Å². The number of aryl methyl sites for hydroxylation is 1. The third-order valence-corrected chi connectivity index (χ3v) is 5.70. The topological polar surface area (TPSA) is 36.3 Å². The first kappa shape index (κ1) is 19.8. The molecule has 146 valence electrons. The van der Waals surface area contributed by atoms with E-state index >= 15 is 0 Å². The van der Waals surface area contributed by atoms with Crippen LogP contribution in [0.1, 0.15) is 54.6 Å². The Bertz CT molecular complexity index is 796. The molecule has 0 aromatic carbocycles. The van der Waals surface area contributed by atoms with Gasteiger partial charge in [0.25, 0.3) is 0 Å². The van der Waals surface area contributed by atoms with Gasteiger partial charge in [0.05, 0.1) is 17.8 Å². The molecule has 0 bridgehead atoms. The van der Waals surface area contributed by atoms with Gasteiger partial charge >= 0.3 is 0 Å². The summed E-state index contributed by atoms with van der Waals surface area (Å²) in [6, 6.07) is 9.06. The molecule has 2 atom stereocenters. The molecule has 0 spiro atoms. The monoisotopic (exact) mass is 385 g/mol. The summed E-state index contributed by atoms with van der Waals surface area (Å²) in [6.45, 7) is 10.7. The average Bonchev–Trinajstić information content (AvgIpc) is 3.09. The zero-order chi connectivity index (χ0) is 19.7. The van der Waals surface area contributed by atoms with Crippen molar-refractivity contribution in [2.24, 2.45) is 0 Å². The fourth-order valence-corrected chi connectivity index (χ4v) is 4.52. The van der Waals surface area contributed by atoms with Crippen LogP contribution in [-0.4, -0.2) is 51.6 Å². The molecule has 1 N–H and O–H groups in total. The van der Waals surface area contributed by atoms with Crippen molar-refractivity contribution < 1.29 is 0 Å². The van der Waals surface area contributed by atoms with Gasteiger partial charge in [-0.05, 0) is 77.8 Å². The largest absolute Gasteiger partial charge is 0.352 e. The highest BCUT2D eigenvalue weighted by Gasteiger charge is 2.41. The summed E-state index contributed by atoms with van der Waals surface area (Å²) in [4.78, 5) is 9.16. The molecule has 0 radical (unpaired) electrons. The molecule has 27 heavy (non-hydrogen) atoms. The van der Waals surface area contributed by atoms with Crippen LogP contribution in [0, 0.1) is 13.8 Å². The minimum atomic E-state index is 0.0574. The van der Waals surface area contributed by atoms with Crippen molar-refractivity contribution in [3.8, 4) is 0 Å². The van der Waals surface area contributed by atoms with Crippen LogP contribution in [0.5, 0.6) is 0 Å². The number of nitrogens with zero attached hydrogens (tertiary/aromatic N) is 4. The number of aromatic nitrogens is 2. The van der Waals surface area contributed by atoms with Crippen molar-refractivity contribution in [1.82, 2.24) is 24.7 Å². The summed E-state index contributed by atoms with van der Waals surface area (Å²) in [5, 5.41) is 4.36. The molecule has 1 aliphatic rings. The van der Waals surface area contributed by atoms with Crippen LogP contribution >= 0.6 is 12.2 Å². The van der Waals surface area contributed by atoms with Crippen molar-refractivity contribution >= 4 is 17.3 Å². The van der Waals surface area contributed by atoms with Gasteiger partial charge in [0, 0.05) is 36.7 Å². The van der Waals surface area contributed by atoms with E-state index in [2.05, 4.69) is 78.6 Å². The Hall–Kier alpha value is -1.92. The van der Waals surface area contributed by atoms with Gasteiger partial charge in [-0.25, -0.2) is 0 Å². The van der Waals surface area contributed by atoms with E-state index in [0.29, 0.717) is 6.04 Å². The number of pyridine rings is 1. The van der Waals surface area contributed by atoms with Crippen molar-refractivity contribution in [3.63, 3.8) is 0 Å². The van der Waals surface area contributed by atoms with Crippen LogP contribution in [0.15, 0.2) is 30.5 Å². The summed E-state index contributed by atoms with van der Waals surface area (Å²) in [5.74, 6) is 0. The number of thiocarbonyl (C=S) groups is 1. The standard InChI is InChI=1S/C21H31N5S/c1-14(2)26-15(3)13-17(16(26)4)20-19(18-9-7-8-10-22-18)23-21(27)25(20)12-11-24(5)6/h7-10,13-14,19-20H,11-12H2,1-6H3,(H,23,27)/t19-,20+/m0/s1. The molecular weight excluding hydrogens is 354 g/mol. The molecule has 5 nitrogen and oxygen atoms in total. The van der Waals surface area contributed by atoms with Crippen molar-refractivity contribution in [2.45, 2.75) is 45.8 Å². The zero-order valence-electron chi connectivity index (χ0n) is 17.2. The molecule has 3 rings (SSSR count). The number of nitrogens with one attached hydrogen (secondary N) is 1. The van der Waals surface area contributed by atoms with E-state index in [4.69, 9.17) is 12.2 Å². The van der Waals surface area contributed by atoms with E-state index in [0.717, 1.165) is 23.9 Å². The molecule has 0 unspecified atom stereocenters. The second kappa shape index (κ2) is 7.98. The Morgan fingerprint density at radius 3 is 2.56 bits per heavy atom. The Labute approximate surface area is 168 Å². The smallest absolute Gasteiger partial charge is 0.170 e. The van der Waals surface area contributed by atoms with Crippen LogP contribution in [0.2, 0.25) is 0 Å². The van der Waals surface area contributed by atoms with Gasteiger partial charge in [-0.2, -0.15) is 0 Å². The van der Waals surface area contributed by atoms with Gasteiger partial charge in [0.2, 0.25) is 0 Å². The maximum absolute atomic E-state index is 5.74. The Morgan fingerprint density at radius 2 is 2.00 bits per heavy atom. The Morgan fingerprint density at radius 1 is 1.26 bits per heavy atom. The van der Waals surface area contributed by atoms with E-state index in [1.165, 1.54) is 17.0 Å². The minimum Gasteiger partial charge on any atom is -0.352 e. The van der Waals surface area contributed by atoms with Crippen molar-refractivity contribution in [2.75, 3.05) is 27.2 Å².